The van der Waals surface area contributed by atoms with Gasteiger partial charge in [0.2, 0.25) is 0 Å². The number of halogens is 3. The molecular formula is C7H3BrF2O2. The van der Waals surface area contributed by atoms with Gasteiger partial charge in [0.15, 0.2) is 23.7 Å². The van der Waals surface area contributed by atoms with E-state index in [0.717, 1.165) is 0 Å². The van der Waals surface area contributed by atoms with Crippen molar-refractivity contribution in [2.24, 2.45) is 0 Å². The Hall–Kier alpha value is -0.970. The van der Waals surface area contributed by atoms with Crippen molar-refractivity contribution in [3.8, 4) is 5.75 Å². The largest absolute Gasteiger partial charge is 0.504 e. The van der Waals surface area contributed by atoms with Crippen molar-refractivity contribution in [3.05, 3.63) is 27.7 Å². The van der Waals surface area contributed by atoms with Crippen LogP contribution in [0.2, 0.25) is 0 Å². The molecule has 5 heteroatoms. The second-order valence-electron chi connectivity index (χ2n) is 2.04. The summed E-state index contributed by atoms with van der Waals surface area (Å²) in [5, 5.41) is 8.83. The molecule has 0 atom stereocenters. The summed E-state index contributed by atoms with van der Waals surface area (Å²) >= 11 is 2.60. The Morgan fingerprint density at radius 1 is 1.50 bits per heavy atom. The molecule has 0 saturated carbocycles. The minimum absolute atomic E-state index is 0.169. The Morgan fingerprint density at radius 3 is 2.58 bits per heavy atom. The molecule has 0 radical (unpaired) electrons. The van der Waals surface area contributed by atoms with Crippen LogP contribution in [-0.2, 0) is 0 Å². The molecule has 0 saturated heterocycles. The quantitative estimate of drug-likeness (QED) is 0.600. The molecule has 0 aliphatic carbocycles. The zero-order valence-corrected chi connectivity index (χ0v) is 7.23. The summed E-state index contributed by atoms with van der Waals surface area (Å²) in [4.78, 5) is 10.1. The topological polar surface area (TPSA) is 37.3 Å². The molecule has 1 rings (SSSR count). The van der Waals surface area contributed by atoms with Crippen molar-refractivity contribution in [1.29, 1.82) is 0 Å². The first kappa shape index (κ1) is 9.12. The number of aromatic hydroxyl groups is 1. The first-order chi connectivity index (χ1) is 5.57. The normalized spacial score (nSPS) is 9.92. The number of benzene rings is 1. The van der Waals surface area contributed by atoms with Gasteiger partial charge in [-0.3, -0.25) is 4.79 Å². The van der Waals surface area contributed by atoms with E-state index in [1.54, 1.807) is 0 Å². The molecule has 0 bridgehead atoms. The van der Waals surface area contributed by atoms with Crippen molar-refractivity contribution in [2.45, 2.75) is 0 Å². The van der Waals surface area contributed by atoms with Gasteiger partial charge in [0.1, 0.15) is 0 Å². The summed E-state index contributed by atoms with van der Waals surface area (Å²) in [6.45, 7) is 0. The molecule has 0 spiro atoms. The standard InChI is InChI=1S/C7H3BrF2O2/c8-5-6(10)3(2-11)1-4(9)7(5)12/h1-2,12H. The highest BCUT2D eigenvalue weighted by molar-refractivity contribution is 9.10. The van der Waals surface area contributed by atoms with Crippen LogP contribution in [0.3, 0.4) is 0 Å². The fourth-order valence-electron chi connectivity index (χ4n) is 0.690. The molecule has 0 fully saturated rings. The fourth-order valence-corrected chi connectivity index (χ4v) is 1.11. The number of aldehydes is 1. The maximum absolute atomic E-state index is 12.8. The molecule has 0 aliphatic heterocycles. The van der Waals surface area contributed by atoms with E-state index in [2.05, 4.69) is 15.9 Å². The van der Waals surface area contributed by atoms with Crippen molar-refractivity contribution in [2.75, 3.05) is 0 Å². The van der Waals surface area contributed by atoms with Crippen molar-refractivity contribution in [3.63, 3.8) is 0 Å². The van der Waals surface area contributed by atoms with E-state index < -0.39 is 27.4 Å². The van der Waals surface area contributed by atoms with Gasteiger partial charge < -0.3 is 5.11 Å². The van der Waals surface area contributed by atoms with Crippen molar-refractivity contribution < 1.29 is 18.7 Å². The summed E-state index contributed by atoms with van der Waals surface area (Å²) in [7, 11) is 0. The lowest BCUT2D eigenvalue weighted by Crippen LogP contribution is -1.92. The van der Waals surface area contributed by atoms with E-state index in [1.165, 1.54) is 0 Å². The van der Waals surface area contributed by atoms with Crippen LogP contribution in [0.15, 0.2) is 10.5 Å². The molecule has 12 heavy (non-hydrogen) atoms. The average Bonchev–Trinajstić information content (AvgIpc) is 2.08. The van der Waals surface area contributed by atoms with Crippen LogP contribution in [0.4, 0.5) is 8.78 Å². The second kappa shape index (κ2) is 3.18. The SMILES string of the molecule is O=Cc1cc(F)c(O)c(Br)c1F. The van der Waals surface area contributed by atoms with E-state index in [0.29, 0.717) is 6.07 Å². The molecule has 0 aromatic heterocycles. The Morgan fingerprint density at radius 2 is 2.08 bits per heavy atom. The summed E-state index contributed by atoms with van der Waals surface area (Å²) in [6, 6.07) is 0.627. The number of phenolic OH excluding ortho intramolecular Hbond substituents is 1. The first-order valence-corrected chi connectivity index (χ1v) is 3.69. The van der Waals surface area contributed by atoms with Crippen molar-refractivity contribution in [1.82, 2.24) is 0 Å². The van der Waals surface area contributed by atoms with Gasteiger partial charge in [-0.15, -0.1) is 0 Å². The first-order valence-electron chi connectivity index (χ1n) is 2.89. The predicted molar refractivity (Wildman–Crippen MR) is 41.1 cm³/mol. The van der Waals surface area contributed by atoms with Crippen LogP contribution < -0.4 is 0 Å². The van der Waals surface area contributed by atoms with Gasteiger partial charge in [0.25, 0.3) is 0 Å². The maximum Gasteiger partial charge on any atom is 0.168 e. The Bertz CT molecular complexity index is 339. The van der Waals surface area contributed by atoms with Crippen LogP contribution in [0.25, 0.3) is 0 Å². The van der Waals surface area contributed by atoms with Crippen LogP contribution in [0.1, 0.15) is 10.4 Å². The fraction of sp³-hybridized carbons (Fsp3) is 0. The Labute approximate surface area is 75.0 Å². The molecule has 1 aromatic rings. The minimum atomic E-state index is -1.04. The molecule has 0 amide bonds. The zero-order valence-electron chi connectivity index (χ0n) is 5.64. The van der Waals surface area contributed by atoms with E-state index in [1.807, 2.05) is 0 Å². The summed E-state index contributed by atoms with van der Waals surface area (Å²) in [6.07, 6.45) is 0.169. The molecular weight excluding hydrogens is 234 g/mol. The number of hydrogen-bond donors (Lipinski definition) is 1. The lowest BCUT2D eigenvalue weighted by molar-refractivity contribution is 0.111. The monoisotopic (exact) mass is 236 g/mol. The van der Waals surface area contributed by atoms with Gasteiger partial charge in [-0.1, -0.05) is 0 Å². The van der Waals surface area contributed by atoms with E-state index in [4.69, 9.17) is 5.11 Å². The molecule has 0 heterocycles. The predicted octanol–water partition coefficient (Wildman–Crippen LogP) is 2.25. The van der Waals surface area contributed by atoms with Gasteiger partial charge in [-0.25, -0.2) is 8.78 Å². The third-order valence-corrected chi connectivity index (χ3v) is 2.01. The highest BCUT2D eigenvalue weighted by Gasteiger charge is 2.14. The highest BCUT2D eigenvalue weighted by Crippen LogP contribution is 2.30. The van der Waals surface area contributed by atoms with E-state index >= 15 is 0 Å². The van der Waals surface area contributed by atoms with Crippen LogP contribution in [-0.4, -0.2) is 11.4 Å². The molecule has 1 N–H and O–H groups in total. The highest BCUT2D eigenvalue weighted by atomic mass is 79.9. The third-order valence-electron chi connectivity index (χ3n) is 1.29. The molecule has 1 aromatic carbocycles. The second-order valence-corrected chi connectivity index (χ2v) is 2.84. The number of carbonyl (C=O) groups is 1. The molecule has 0 aliphatic rings. The van der Waals surface area contributed by atoms with Gasteiger partial charge in [-0.2, -0.15) is 0 Å². The van der Waals surface area contributed by atoms with Crippen LogP contribution in [0, 0.1) is 11.6 Å². The van der Waals surface area contributed by atoms with Crippen molar-refractivity contribution >= 4 is 22.2 Å². The third kappa shape index (κ3) is 1.32. The van der Waals surface area contributed by atoms with Crippen LogP contribution >= 0.6 is 15.9 Å². The number of hydrogen-bond acceptors (Lipinski definition) is 2. The minimum Gasteiger partial charge on any atom is -0.504 e. The average molecular weight is 237 g/mol. The van der Waals surface area contributed by atoms with Gasteiger partial charge in [0, 0.05) is 0 Å². The smallest absolute Gasteiger partial charge is 0.168 e. The van der Waals surface area contributed by atoms with Gasteiger partial charge in [0.05, 0.1) is 10.0 Å². The lowest BCUT2D eigenvalue weighted by atomic mass is 10.2. The lowest BCUT2D eigenvalue weighted by Gasteiger charge is -2.01. The van der Waals surface area contributed by atoms with E-state index in [-0.39, 0.29) is 6.29 Å². The molecule has 64 valence electrons. The number of phenols is 1. The molecule has 2 nitrogen and oxygen atoms in total. The Kier molecular flexibility index (Phi) is 2.42. The zero-order chi connectivity index (χ0) is 9.30. The van der Waals surface area contributed by atoms with E-state index in [9.17, 15) is 13.6 Å². The molecule has 0 unspecified atom stereocenters. The summed E-state index contributed by atoms with van der Waals surface area (Å²) in [5.74, 6) is -2.84. The summed E-state index contributed by atoms with van der Waals surface area (Å²) in [5.41, 5.74) is -0.433. The number of rotatable bonds is 1. The van der Waals surface area contributed by atoms with Crippen LogP contribution in [0.5, 0.6) is 5.75 Å². The summed E-state index contributed by atoms with van der Waals surface area (Å²) < 4.78 is 25.0. The number of carbonyl (C=O) groups excluding carboxylic acids is 1. The van der Waals surface area contributed by atoms with Gasteiger partial charge in [-0.05, 0) is 22.0 Å². The Balaban J connectivity index is 3.49. The maximum atomic E-state index is 12.8. The van der Waals surface area contributed by atoms with Gasteiger partial charge >= 0.3 is 0 Å².